The molecule has 1 aromatic rings. The van der Waals surface area contributed by atoms with Crippen molar-refractivity contribution in [3.8, 4) is 0 Å². The highest BCUT2D eigenvalue weighted by Gasteiger charge is 2.48. The van der Waals surface area contributed by atoms with E-state index >= 15 is 0 Å². The number of benzene rings is 1. The van der Waals surface area contributed by atoms with Crippen molar-refractivity contribution in [1.29, 1.82) is 0 Å². The first-order valence-electron chi connectivity index (χ1n) is 7.67. The molecule has 0 heterocycles. The van der Waals surface area contributed by atoms with Gasteiger partial charge in [0, 0.05) is 12.1 Å². The molecule has 1 fully saturated rings. The molecule has 0 bridgehead atoms. The van der Waals surface area contributed by atoms with Crippen LogP contribution in [-0.2, 0) is 15.0 Å². The van der Waals surface area contributed by atoms with Gasteiger partial charge in [-0.05, 0) is 45.2 Å². The van der Waals surface area contributed by atoms with Gasteiger partial charge in [0.15, 0.2) is 0 Å². The summed E-state index contributed by atoms with van der Waals surface area (Å²) in [6.07, 6.45) is 1.74. The molecular formula is C17H21F2NO3. The van der Waals surface area contributed by atoms with Gasteiger partial charge in [0.2, 0.25) is 5.91 Å². The Morgan fingerprint density at radius 3 is 2.26 bits per heavy atom. The lowest BCUT2D eigenvalue weighted by molar-refractivity contribution is -0.147. The van der Waals surface area contributed by atoms with Gasteiger partial charge < -0.3 is 10.4 Å². The highest BCUT2D eigenvalue weighted by atomic mass is 19.1. The molecule has 1 amide bonds. The van der Waals surface area contributed by atoms with Crippen LogP contribution in [0.25, 0.3) is 0 Å². The fraction of sp³-hybridized carbons (Fsp3) is 0.529. The van der Waals surface area contributed by atoms with E-state index in [0.717, 1.165) is 18.6 Å². The summed E-state index contributed by atoms with van der Waals surface area (Å²) in [7, 11) is 0. The molecule has 0 spiro atoms. The van der Waals surface area contributed by atoms with Crippen LogP contribution >= 0.6 is 0 Å². The molecular weight excluding hydrogens is 304 g/mol. The normalized spacial score (nSPS) is 16.5. The number of hydrogen-bond donors (Lipinski definition) is 2. The summed E-state index contributed by atoms with van der Waals surface area (Å²) in [6.45, 7) is 3.28. The summed E-state index contributed by atoms with van der Waals surface area (Å²) in [5.41, 5.74) is -2.33. The molecule has 0 saturated heterocycles. The minimum Gasteiger partial charge on any atom is -0.481 e. The second-order valence-corrected chi connectivity index (χ2v) is 6.73. The lowest BCUT2D eigenvalue weighted by atomic mass is 9.63. The van der Waals surface area contributed by atoms with Gasteiger partial charge in [-0.1, -0.05) is 12.5 Å². The first kappa shape index (κ1) is 17.4. The minimum absolute atomic E-state index is 0.149. The average Bonchev–Trinajstić information content (AvgIpc) is 2.40. The van der Waals surface area contributed by atoms with Crippen molar-refractivity contribution in [3.05, 3.63) is 35.4 Å². The zero-order chi connectivity index (χ0) is 17.3. The van der Waals surface area contributed by atoms with Gasteiger partial charge in [0.1, 0.15) is 11.6 Å². The molecule has 1 aliphatic rings. The van der Waals surface area contributed by atoms with Crippen LogP contribution in [0.2, 0.25) is 0 Å². The molecule has 1 saturated carbocycles. The fourth-order valence-corrected chi connectivity index (χ4v) is 2.84. The first-order chi connectivity index (χ1) is 10.7. The second-order valence-electron chi connectivity index (χ2n) is 6.73. The molecule has 2 N–H and O–H groups in total. The number of hydrogen-bond acceptors (Lipinski definition) is 2. The lowest BCUT2D eigenvalue weighted by Crippen LogP contribution is -2.51. The van der Waals surface area contributed by atoms with E-state index < -0.39 is 34.3 Å². The molecule has 0 unspecified atom stereocenters. The van der Waals surface area contributed by atoms with Gasteiger partial charge in [0.05, 0.1) is 10.8 Å². The predicted octanol–water partition coefficient (Wildman–Crippen LogP) is 3.00. The van der Waals surface area contributed by atoms with Gasteiger partial charge in [-0.3, -0.25) is 9.59 Å². The highest BCUT2D eigenvalue weighted by Crippen LogP contribution is 2.46. The van der Waals surface area contributed by atoms with Crippen LogP contribution in [0.4, 0.5) is 8.78 Å². The van der Waals surface area contributed by atoms with E-state index in [9.17, 15) is 18.4 Å². The third-order valence-corrected chi connectivity index (χ3v) is 4.70. The molecule has 126 valence electrons. The van der Waals surface area contributed by atoms with Crippen LogP contribution < -0.4 is 5.32 Å². The lowest BCUT2D eigenvalue weighted by Gasteiger charge is -2.41. The minimum atomic E-state index is -1.18. The van der Waals surface area contributed by atoms with Crippen LogP contribution in [0.15, 0.2) is 18.2 Å². The Morgan fingerprint density at radius 1 is 1.26 bits per heavy atom. The smallest absolute Gasteiger partial charge is 0.309 e. The summed E-state index contributed by atoms with van der Waals surface area (Å²) in [5.74, 6) is -2.82. The Labute approximate surface area is 133 Å². The van der Waals surface area contributed by atoms with E-state index in [4.69, 9.17) is 5.11 Å². The second kappa shape index (κ2) is 6.26. The third kappa shape index (κ3) is 3.21. The van der Waals surface area contributed by atoms with Crippen molar-refractivity contribution in [2.45, 2.75) is 44.9 Å². The zero-order valence-corrected chi connectivity index (χ0v) is 13.3. The number of carbonyl (C=O) groups excluding carboxylic acids is 1. The van der Waals surface area contributed by atoms with E-state index in [0.29, 0.717) is 12.8 Å². The molecule has 0 radical (unpaired) electrons. The quantitative estimate of drug-likeness (QED) is 0.845. The Kier molecular flexibility index (Phi) is 4.73. The zero-order valence-electron chi connectivity index (χ0n) is 13.3. The van der Waals surface area contributed by atoms with Crippen LogP contribution in [-0.4, -0.2) is 23.5 Å². The third-order valence-electron chi connectivity index (χ3n) is 4.70. The van der Waals surface area contributed by atoms with Crippen molar-refractivity contribution >= 4 is 11.9 Å². The SMILES string of the molecule is CC(C)(CCNC(=O)C1(c2c(F)cccc2F)CCC1)C(=O)O. The van der Waals surface area contributed by atoms with Crippen molar-refractivity contribution < 1.29 is 23.5 Å². The molecule has 4 nitrogen and oxygen atoms in total. The van der Waals surface area contributed by atoms with Crippen LogP contribution in [0, 0.1) is 17.0 Å². The van der Waals surface area contributed by atoms with Crippen LogP contribution in [0.1, 0.15) is 45.1 Å². The van der Waals surface area contributed by atoms with E-state index in [1.54, 1.807) is 13.8 Å². The maximum atomic E-state index is 14.0. The summed E-state index contributed by atoms with van der Waals surface area (Å²) in [5, 5.41) is 11.7. The van der Waals surface area contributed by atoms with Gasteiger partial charge in [-0.25, -0.2) is 8.78 Å². The molecule has 23 heavy (non-hydrogen) atoms. The highest BCUT2D eigenvalue weighted by molar-refractivity contribution is 5.89. The standard InChI is InChI=1S/C17H21F2NO3/c1-16(2,15(22)23)9-10-20-14(21)17(7-4-8-17)13-11(18)5-3-6-12(13)19/h3,5-6H,4,7-10H2,1-2H3,(H,20,21)(H,22,23). The monoisotopic (exact) mass is 325 g/mol. The number of amides is 1. The number of carboxylic acids is 1. The van der Waals surface area contributed by atoms with Crippen molar-refractivity contribution in [1.82, 2.24) is 5.32 Å². The number of carboxylic acid groups (broad SMARTS) is 1. The van der Waals surface area contributed by atoms with Gasteiger partial charge in [-0.2, -0.15) is 0 Å². The summed E-state index contributed by atoms with van der Waals surface area (Å²) < 4.78 is 28.1. The number of carbonyl (C=O) groups is 2. The maximum absolute atomic E-state index is 14.0. The Hall–Kier alpha value is -1.98. The van der Waals surface area contributed by atoms with Gasteiger partial charge in [-0.15, -0.1) is 0 Å². The van der Waals surface area contributed by atoms with Crippen molar-refractivity contribution in [2.75, 3.05) is 6.54 Å². The molecule has 0 aliphatic heterocycles. The first-order valence-corrected chi connectivity index (χ1v) is 7.67. The molecule has 0 aromatic heterocycles. The van der Waals surface area contributed by atoms with Gasteiger partial charge >= 0.3 is 5.97 Å². The number of rotatable bonds is 6. The van der Waals surface area contributed by atoms with Crippen molar-refractivity contribution in [3.63, 3.8) is 0 Å². The van der Waals surface area contributed by atoms with Gasteiger partial charge in [0.25, 0.3) is 0 Å². The summed E-state index contributed by atoms with van der Waals surface area (Å²) in [4.78, 5) is 23.6. The maximum Gasteiger partial charge on any atom is 0.309 e. The Morgan fingerprint density at radius 2 is 1.83 bits per heavy atom. The molecule has 1 aliphatic carbocycles. The van der Waals surface area contributed by atoms with Crippen LogP contribution in [0.5, 0.6) is 0 Å². The molecule has 0 atom stereocenters. The average molecular weight is 325 g/mol. The molecule has 2 rings (SSSR count). The van der Waals surface area contributed by atoms with E-state index in [2.05, 4.69) is 5.32 Å². The summed E-state index contributed by atoms with van der Waals surface area (Å²) >= 11 is 0. The topological polar surface area (TPSA) is 66.4 Å². The Bertz CT molecular complexity index is 604. The largest absolute Gasteiger partial charge is 0.481 e. The molecule has 6 heteroatoms. The van der Waals surface area contributed by atoms with E-state index in [1.807, 2.05) is 0 Å². The molecule has 1 aromatic carbocycles. The number of nitrogens with one attached hydrogen (secondary N) is 1. The van der Waals surface area contributed by atoms with E-state index in [1.165, 1.54) is 6.07 Å². The number of halogens is 2. The Balaban J connectivity index is 2.12. The predicted molar refractivity (Wildman–Crippen MR) is 80.9 cm³/mol. The summed E-state index contributed by atoms with van der Waals surface area (Å²) in [6, 6.07) is 3.58. The van der Waals surface area contributed by atoms with Crippen LogP contribution in [0.3, 0.4) is 0 Å². The van der Waals surface area contributed by atoms with E-state index in [-0.39, 0.29) is 18.5 Å². The number of aliphatic carboxylic acids is 1. The fourth-order valence-electron chi connectivity index (χ4n) is 2.84. The van der Waals surface area contributed by atoms with Crippen molar-refractivity contribution in [2.24, 2.45) is 5.41 Å².